The first-order chi connectivity index (χ1) is 15.5. The van der Waals surface area contributed by atoms with Gasteiger partial charge in [-0.3, -0.25) is 9.20 Å². The Bertz CT molecular complexity index is 1120. The van der Waals surface area contributed by atoms with Crippen LogP contribution in [0.1, 0.15) is 30.0 Å². The Morgan fingerprint density at radius 1 is 1.16 bits per heavy atom. The maximum Gasteiger partial charge on any atom is 0.274 e. The van der Waals surface area contributed by atoms with E-state index in [-0.39, 0.29) is 5.91 Å². The van der Waals surface area contributed by atoms with Crippen LogP contribution in [0.5, 0.6) is 11.5 Å². The fourth-order valence-electron chi connectivity index (χ4n) is 3.84. The highest BCUT2D eigenvalue weighted by Crippen LogP contribution is 2.39. The highest BCUT2D eigenvalue weighted by molar-refractivity contribution is 6.30. The second-order valence-corrected chi connectivity index (χ2v) is 7.79. The van der Waals surface area contributed by atoms with E-state index in [9.17, 15) is 4.79 Å². The molecule has 1 aromatic carbocycles. The van der Waals surface area contributed by atoms with Gasteiger partial charge in [-0.2, -0.15) is 0 Å². The van der Waals surface area contributed by atoms with Crippen molar-refractivity contribution in [3.63, 3.8) is 0 Å². The number of nitrogens with one attached hydrogen (secondary N) is 1. The molecule has 0 bridgehead atoms. The summed E-state index contributed by atoms with van der Waals surface area (Å²) in [6.45, 7) is 9.46. The van der Waals surface area contributed by atoms with Gasteiger partial charge in [0.1, 0.15) is 22.8 Å². The SMILES string of the molecule is CCOc1cc(N2CCOCC2)c(OCC)cc1NC(=O)c1c(C)nc2cc(Cl)ccn12. The van der Waals surface area contributed by atoms with Crippen LogP contribution in [0.2, 0.25) is 5.02 Å². The van der Waals surface area contributed by atoms with Gasteiger partial charge in [-0.05, 0) is 26.8 Å². The van der Waals surface area contributed by atoms with E-state index in [0.717, 1.165) is 18.8 Å². The zero-order valence-corrected chi connectivity index (χ0v) is 19.2. The largest absolute Gasteiger partial charge is 0.492 e. The monoisotopic (exact) mass is 458 g/mol. The summed E-state index contributed by atoms with van der Waals surface area (Å²) < 4.78 is 19.0. The lowest BCUT2D eigenvalue weighted by molar-refractivity contribution is 0.102. The van der Waals surface area contributed by atoms with Crippen molar-refractivity contribution in [2.24, 2.45) is 0 Å². The number of amides is 1. The van der Waals surface area contributed by atoms with Crippen LogP contribution < -0.4 is 19.7 Å². The molecular weight excluding hydrogens is 432 g/mol. The van der Waals surface area contributed by atoms with Gasteiger partial charge in [0.05, 0.1) is 43.5 Å². The molecule has 1 fully saturated rings. The molecule has 0 atom stereocenters. The summed E-state index contributed by atoms with van der Waals surface area (Å²) in [6, 6.07) is 7.20. The molecule has 32 heavy (non-hydrogen) atoms. The summed E-state index contributed by atoms with van der Waals surface area (Å²) in [5.41, 5.74) is 3.13. The molecule has 2 aromatic heterocycles. The number of morpholine rings is 1. The van der Waals surface area contributed by atoms with Crippen molar-refractivity contribution in [1.82, 2.24) is 9.38 Å². The lowest BCUT2D eigenvalue weighted by Crippen LogP contribution is -2.36. The molecule has 1 aliphatic heterocycles. The predicted octanol–water partition coefficient (Wildman–Crippen LogP) is 4.18. The average molecular weight is 459 g/mol. The molecule has 0 unspecified atom stereocenters. The molecule has 4 rings (SSSR count). The molecule has 0 aliphatic carbocycles. The van der Waals surface area contributed by atoms with E-state index in [2.05, 4.69) is 15.2 Å². The van der Waals surface area contributed by atoms with Crippen molar-refractivity contribution in [1.29, 1.82) is 0 Å². The van der Waals surface area contributed by atoms with Gasteiger partial charge in [-0.15, -0.1) is 0 Å². The molecule has 1 saturated heterocycles. The highest BCUT2D eigenvalue weighted by atomic mass is 35.5. The maximum atomic E-state index is 13.3. The third kappa shape index (κ3) is 4.47. The zero-order chi connectivity index (χ0) is 22.7. The number of rotatable bonds is 7. The van der Waals surface area contributed by atoms with Crippen molar-refractivity contribution < 1.29 is 19.0 Å². The van der Waals surface area contributed by atoms with E-state index in [1.807, 2.05) is 26.0 Å². The summed E-state index contributed by atoms with van der Waals surface area (Å²) in [5, 5.41) is 3.56. The summed E-state index contributed by atoms with van der Waals surface area (Å²) in [5.74, 6) is 0.981. The number of aryl methyl sites for hydroxylation is 1. The van der Waals surface area contributed by atoms with Gasteiger partial charge in [0.25, 0.3) is 5.91 Å². The number of imidazole rings is 1. The predicted molar refractivity (Wildman–Crippen MR) is 125 cm³/mol. The fraction of sp³-hybridized carbons (Fsp3) is 0.391. The first-order valence-corrected chi connectivity index (χ1v) is 11.1. The third-order valence-electron chi connectivity index (χ3n) is 5.24. The minimum atomic E-state index is -0.292. The molecule has 8 nitrogen and oxygen atoms in total. The Kier molecular flexibility index (Phi) is 6.72. The van der Waals surface area contributed by atoms with Crippen LogP contribution in [0.4, 0.5) is 11.4 Å². The van der Waals surface area contributed by atoms with Crippen LogP contribution in [-0.2, 0) is 4.74 Å². The number of halogens is 1. The molecule has 1 aliphatic rings. The van der Waals surface area contributed by atoms with E-state index >= 15 is 0 Å². The number of aromatic nitrogens is 2. The van der Waals surface area contributed by atoms with Crippen LogP contribution in [0.3, 0.4) is 0 Å². The van der Waals surface area contributed by atoms with Crippen molar-refractivity contribution >= 4 is 34.5 Å². The topological polar surface area (TPSA) is 77.3 Å². The van der Waals surface area contributed by atoms with Gasteiger partial charge < -0.3 is 24.4 Å². The number of hydrogen-bond donors (Lipinski definition) is 1. The van der Waals surface area contributed by atoms with Crippen molar-refractivity contribution in [2.45, 2.75) is 20.8 Å². The molecule has 1 N–H and O–H groups in total. The summed E-state index contributed by atoms with van der Waals surface area (Å²) in [4.78, 5) is 19.9. The molecule has 1 amide bonds. The Morgan fingerprint density at radius 3 is 2.59 bits per heavy atom. The second kappa shape index (κ2) is 9.67. The highest BCUT2D eigenvalue weighted by Gasteiger charge is 2.23. The van der Waals surface area contributed by atoms with E-state index in [1.54, 1.807) is 29.7 Å². The van der Waals surface area contributed by atoms with Gasteiger partial charge in [0, 0.05) is 42.5 Å². The quantitative estimate of drug-likeness (QED) is 0.572. The first kappa shape index (κ1) is 22.2. The fourth-order valence-corrected chi connectivity index (χ4v) is 3.99. The van der Waals surface area contributed by atoms with E-state index in [0.29, 0.717) is 65.7 Å². The van der Waals surface area contributed by atoms with Crippen LogP contribution in [0, 0.1) is 6.92 Å². The van der Waals surface area contributed by atoms with Gasteiger partial charge in [-0.1, -0.05) is 11.6 Å². The summed E-state index contributed by atoms with van der Waals surface area (Å²) >= 11 is 6.08. The molecular formula is C23H27ClN4O4. The molecule has 170 valence electrons. The molecule has 0 spiro atoms. The molecule has 0 radical (unpaired) electrons. The normalized spacial score (nSPS) is 13.9. The first-order valence-electron chi connectivity index (χ1n) is 10.7. The number of pyridine rings is 1. The van der Waals surface area contributed by atoms with Crippen molar-refractivity contribution in [2.75, 3.05) is 49.7 Å². The Morgan fingerprint density at radius 2 is 1.88 bits per heavy atom. The van der Waals surface area contributed by atoms with Gasteiger partial charge in [0.2, 0.25) is 0 Å². The van der Waals surface area contributed by atoms with Gasteiger partial charge >= 0.3 is 0 Å². The Balaban J connectivity index is 1.71. The number of ether oxygens (including phenoxy) is 3. The van der Waals surface area contributed by atoms with Crippen LogP contribution in [0.25, 0.3) is 5.65 Å². The van der Waals surface area contributed by atoms with E-state index < -0.39 is 0 Å². The average Bonchev–Trinajstić information content (AvgIpc) is 3.11. The minimum absolute atomic E-state index is 0.292. The maximum absolute atomic E-state index is 13.3. The molecule has 3 heterocycles. The minimum Gasteiger partial charge on any atom is -0.492 e. The van der Waals surface area contributed by atoms with Crippen molar-refractivity contribution in [3.8, 4) is 11.5 Å². The number of anilines is 2. The number of hydrogen-bond acceptors (Lipinski definition) is 6. The third-order valence-corrected chi connectivity index (χ3v) is 5.47. The van der Waals surface area contributed by atoms with E-state index in [4.69, 9.17) is 25.8 Å². The standard InChI is InChI=1S/C23H27ClN4O4/c1-4-31-19-14-18(27-8-10-30-11-9-27)20(32-5-2)13-17(19)26-23(29)22-15(3)25-21-12-16(24)6-7-28(21)22/h6-7,12-14H,4-5,8-11H2,1-3H3,(H,26,29). The zero-order valence-electron chi connectivity index (χ0n) is 18.5. The lowest BCUT2D eigenvalue weighted by Gasteiger charge is -2.31. The Labute approximate surface area is 192 Å². The summed E-state index contributed by atoms with van der Waals surface area (Å²) in [6.07, 6.45) is 1.74. The van der Waals surface area contributed by atoms with Gasteiger partial charge in [0.15, 0.2) is 0 Å². The molecule has 0 saturated carbocycles. The number of nitrogens with zero attached hydrogens (tertiary/aromatic N) is 3. The number of fused-ring (bicyclic) bond motifs is 1. The molecule has 3 aromatic rings. The number of carbonyl (C=O) groups excluding carboxylic acids is 1. The van der Waals surface area contributed by atoms with Crippen LogP contribution >= 0.6 is 11.6 Å². The number of carbonyl (C=O) groups is 1. The molecule has 9 heteroatoms. The lowest BCUT2D eigenvalue weighted by atomic mass is 10.2. The Hall–Kier alpha value is -2.97. The smallest absolute Gasteiger partial charge is 0.274 e. The number of benzene rings is 1. The summed E-state index contributed by atoms with van der Waals surface area (Å²) in [7, 11) is 0. The van der Waals surface area contributed by atoms with E-state index in [1.165, 1.54) is 0 Å². The van der Waals surface area contributed by atoms with Crippen LogP contribution in [-0.4, -0.2) is 54.8 Å². The van der Waals surface area contributed by atoms with Crippen LogP contribution in [0.15, 0.2) is 30.5 Å². The van der Waals surface area contributed by atoms with Gasteiger partial charge in [-0.25, -0.2) is 4.98 Å². The van der Waals surface area contributed by atoms with Crippen molar-refractivity contribution in [3.05, 3.63) is 46.9 Å². The second-order valence-electron chi connectivity index (χ2n) is 7.35.